The molecule has 0 aliphatic carbocycles. The number of hydrogen-bond donors (Lipinski definition) is 0. The first-order chi connectivity index (χ1) is 4.79. The topological polar surface area (TPSA) is 26.3 Å². The molecule has 51 valence electrons. The van der Waals surface area contributed by atoms with Crippen LogP contribution in [0.5, 0.6) is 5.75 Å². The molecule has 0 spiro atoms. The monoisotopic (exact) mass is 201 g/mol. The van der Waals surface area contributed by atoms with Crippen LogP contribution in [0.15, 0.2) is 30.3 Å². The molecule has 0 saturated heterocycles. The standard InChI is InChI=1S/C7H5O2Se/c8-7(10)9-6-4-2-1-3-5-6/h1-5H. The SMILES string of the molecule is O=C([Se])Oc1ccccc1. The average molecular weight is 200 g/mol. The Morgan fingerprint density at radius 1 is 1.30 bits per heavy atom. The van der Waals surface area contributed by atoms with Gasteiger partial charge in [0.1, 0.15) is 0 Å². The number of ether oxygens (including phenoxy) is 1. The number of hydrogen-bond acceptors (Lipinski definition) is 2. The molecule has 0 heterocycles. The summed E-state index contributed by atoms with van der Waals surface area (Å²) in [7, 11) is 0. The van der Waals surface area contributed by atoms with Crippen molar-refractivity contribution in [3.8, 4) is 5.75 Å². The van der Waals surface area contributed by atoms with Crippen LogP contribution in [-0.2, 0) is 0 Å². The van der Waals surface area contributed by atoms with E-state index in [9.17, 15) is 4.79 Å². The Labute approximate surface area is 67.0 Å². The van der Waals surface area contributed by atoms with Crippen molar-refractivity contribution in [1.29, 1.82) is 0 Å². The van der Waals surface area contributed by atoms with Gasteiger partial charge in [0.05, 0.1) is 0 Å². The van der Waals surface area contributed by atoms with Gasteiger partial charge in [0, 0.05) is 0 Å². The molecule has 0 aliphatic heterocycles. The summed E-state index contributed by atoms with van der Waals surface area (Å²) in [5.74, 6) is 0.561. The zero-order valence-electron chi connectivity index (χ0n) is 5.11. The molecule has 0 fully saturated rings. The zero-order valence-corrected chi connectivity index (χ0v) is 6.82. The van der Waals surface area contributed by atoms with Gasteiger partial charge in [-0.1, -0.05) is 0 Å². The van der Waals surface area contributed by atoms with E-state index in [4.69, 9.17) is 4.74 Å². The molecule has 3 heteroatoms. The molecule has 2 nitrogen and oxygen atoms in total. The van der Waals surface area contributed by atoms with E-state index in [-0.39, 0.29) is 0 Å². The Balaban J connectivity index is 2.67. The third-order valence-corrected chi connectivity index (χ3v) is 1.12. The van der Waals surface area contributed by atoms with E-state index in [1.165, 1.54) is 0 Å². The fraction of sp³-hybridized carbons (Fsp3) is 0. The summed E-state index contributed by atoms with van der Waals surface area (Å²) in [6.45, 7) is 0. The molecule has 0 aromatic heterocycles. The van der Waals surface area contributed by atoms with Gasteiger partial charge in [-0.3, -0.25) is 0 Å². The van der Waals surface area contributed by atoms with Crippen LogP contribution in [0.25, 0.3) is 0 Å². The second-order valence-corrected chi connectivity index (χ2v) is 2.36. The van der Waals surface area contributed by atoms with Crippen molar-refractivity contribution < 1.29 is 9.53 Å². The van der Waals surface area contributed by atoms with Crippen LogP contribution in [0.2, 0.25) is 0 Å². The van der Waals surface area contributed by atoms with E-state index < -0.39 is 4.87 Å². The van der Waals surface area contributed by atoms with Gasteiger partial charge >= 0.3 is 66.5 Å². The van der Waals surface area contributed by atoms with Crippen molar-refractivity contribution in [3.05, 3.63) is 30.3 Å². The van der Waals surface area contributed by atoms with E-state index in [1.807, 2.05) is 6.07 Å². The molecule has 1 radical (unpaired) electrons. The zero-order chi connectivity index (χ0) is 7.40. The average Bonchev–Trinajstić information content (AvgIpc) is 1.88. The summed E-state index contributed by atoms with van der Waals surface area (Å²) >= 11 is 2.23. The van der Waals surface area contributed by atoms with Crippen LogP contribution in [0, 0.1) is 0 Å². The van der Waals surface area contributed by atoms with Gasteiger partial charge in [-0.15, -0.1) is 0 Å². The van der Waals surface area contributed by atoms with Gasteiger partial charge in [0.15, 0.2) is 0 Å². The van der Waals surface area contributed by atoms with E-state index in [2.05, 4.69) is 16.0 Å². The third-order valence-electron chi connectivity index (χ3n) is 0.944. The molecule has 1 rings (SSSR count). The Hall–Kier alpha value is -0.791. The first-order valence-corrected chi connectivity index (χ1v) is 3.58. The number of carbonyl (C=O) groups is 1. The molecule has 0 unspecified atom stereocenters. The summed E-state index contributed by atoms with van der Waals surface area (Å²) in [6.07, 6.45) is 0. The number of rotatable bonds is 1. The van der Waals surface area contributed by atoms with Crippen molar-refractivity contribution in [2.24, 2.45) is 0 Å². The van der Waals surface area contributed by atoms with Gasteiger partial charge in [-0.05, 0) is 0 Å². The summed E-state index contributed by atoms with van der Waals surface area (Å²) in [4.78, 5) is 9.92. The summed E-state index contributed by atoms with van der Waals surface area (Å²) in [5.41, 5.74) is 0. The van der Waals surface area contributed by atoms with Crippen LogP contribution < -0.4 is 4.74 Å². The Morgan fingerprint density at radius 2 is 1.90 bits per heavy atom. The minimum absolute atomic E-state index is 0.411. The molecule has 0 saturated carbocycles. The maximum absolute atomic E-state index is 10.3. The molecular weight excluding hydrogens is 195 g/mol. The van der Waals surface area contributed by atoms with Crippen molar-refractivity contribution in [2.75, 3.05) is 0 Å². The van der Waals surface area contributed by atoms with E-state index in [0.717, 1.165) is 0 Å². The van der Waals surface area contributed by atoms with Crippen molar-refractivity contribution >= 4 is 20.9 Å². The van der Waals surface area contributed by atoms with E-state index in [1.54, 1.807) is 24.3 Å². The fourth-order valence-electron chi connectivity index (χ4n) is 0.585. The fourth-order valence-corrected chi connectivity index (χ4v) is 0.787. The van der Waals surface area contributed by atoms with Crippen LogP contribution in [-0.4, -0.2) is 20.9 Å². The van der Waals surface area contributed by atoms with Crippen LogP contribution in [0.3, 0.4) is 0 Å². The maximum atomic E-state index is 10.3. The molecule has 0 N–H and O–H groups in total. The molecular formula is C7H5O2Se. The molecule has 1 aromatic rings. The quantitative estimate of drug-likeness (QED) is 0.639. The second kappa shape index (κ2) is 3.40. The number of benzene rings is 1. The van der Waals surface area contributed by atoms with Crippen LogP contribution in [0.4, 0.5) is 4.79 Å². The van der Waals surface area contributed by atoms with Crippen molar-refractivity contribution in [1.82, 2.24) is 0 Å². The van der Waals surface area contributed by atoms with Crippen molar-refractivity contribution in [2.45, 2.75) is 0 Å². The van der Waals surface area contributed by atoms with Crippen molar-refractivity contribution in [3.63, 3.8) is 0 Å². The Bertz CT molecular complexity index is 220. The normalized spacial score (nSPS) is 8.80. The molecule has 0 bridgehead atoms. The molecule has 0 amide bonds. The van der Waals surface area contributed by atoms with E-state index >= 15 is 0 Å². The van der Waals surface area contributed by atoms with Gasteiger partial charge in [-0.25, -0.2) is 0 Å². The van der Waals surface area contributed by atoms with Gasteiger partial charge in [-0.2, -0.15) is 0 Å². The number of carbonyl (C=O) groups excluding carboxylic acids is 1. The molecule has 10 heavy (non-hydrogen) atoms. The van der Waals surface area contributed by atoms with Gasteiger partial charge in [0.25, 0.3) is 0 Å². The third kappa shape index (κ3) is 2.21. The predicted molar refractivity (Wildman–Crippen MR) is 38.2 cm³/mol. The summed E-state index contributed by atoms with van der Waals surface area (Å²) < 4.78 is 4.72. The van der Waals surface area contributed by atoms with Crippen LogP contribution in [0.1, 0.15) is 0 Å². The molecule has 0 atom stereocenters. The van der Waals surface area contributed by atoms with Gasteiger partial charge in [0.2, 0.25) is 0 Å². The summed E-state index contributed by atoms with van der Waals surface area (Å²) in [6, 6.07) is 8.90. The second-order valence-electron chi connectivity index (χ2n) is 1.67. The first kappa shape index (κ1) is 7.32. The summed E-state index contributed by atoms with van der Waals surface area (Å²) in [5, 5.41) is 0. The Morgan fingerprint density at radius 3 is 2.40 bits per heavy atom. The minimum atomic E-state index is -0.411. The van der Waals surface area contributed by atoms with Crippen LogP contribution >= 0.6 is 0 Å². The van der Waals surface area contributed by atoms with Gasteiger partial charge < -0.3 is 0 Å². The Kier molecular flexibility index (Phi) is 2.49. The first-order valence-electron chi connectivity index (χ1n) is 2.73. The number of para-hydroxylation sites is 1. The molecule has 1 aromatic carbocycles. The predicted octanol–water partition coefficient (Wildman–Crippen LogP) is 1.35. The van der Waals surface area contributed by atoms with E-state index in [0.29, 0.717) is 5.75 Å². The molecule has 0 aliphatic rings.